The molecule has 2 N–H and O–H groups in total. The predicted octanol–water partition coefficient (Wildman–Crippen LogP) is 2.21. The van der Waals surface area contributed by atoms with Crippen molar-refractivity contribution >= 4 is 31.7 Å². The fourth-order valence-electron chi connectivity index (χ4n) is 4.01. The topological polar surface area (TPSA) is 82.3 Å². The van der Waals surface area contributed by atoms with Crippen LogP contribution in [0.3, 0.4) is 0 Å². The Labute approximate surface area is 158 Å². The number of nitrogens with zero attached hydrogens (tertiary/aromatic N) is 1. The van der Waals surface area contributed by atoms with Crippen LogP contribution in [0.4, 0.5) is 0 Å². The molecular formula is C20H23N3O3S. The van der Waals surface area contributed by atoms with Gasteiger partial charge in [0.2, 0.25) is 10.0 Å². The minimum atomic E-state index is -3.62. The normalized spacial score (nSPS) is 13.4. The van der Waals surface area contributed by atoms with E-state index >= 15 is 0 Å². The third kappa shape index (κ3) is 2.96. The molecule has 1 heterocycles. The highest BCUT2D eigenvalue weighted by molar-refractivity contribution is 7.89. The fourth-order valence-corrected chi connectivity index (χ4v) is 5.27. The van der Waals surface area contributed by atoms with Gasteiger partial charge in [-0.2, -0.15) is 0 Å². The summed E-state index contributed by atoms with van der Waals surface area (Å²) >= 11 is 0. The highest BCUT2D eigenvalue weighted by atomic mass is 32.2. The number of aromatic nitrogens is 1. The van der Waals surface area contributed by atoms with Crippen molar-refractivity contribution in [3.63, 3.8) is 0 Å². The van der Waals surface area contributed by atoms with Crippen molar-refractivity contribution in [3.05, 3.63) is 51.8 Å². The Balaban J connectivity index is 1.77. The van der Waals surface area contributed by atoms with Gasteiger partial charge in [-0.25, -0.2) is 13.1 Å². The summed E-state index contributed by atoms with van der Waals surface area (Å²) in [4.78, 5) is 17.7. The van der Waals surface area contributed by atoms with E-state index in [4.69, 9.17) is 0 Å². The van der Waals surface area contributed by atoms with Gasteiger partial charge >= 0.3 is 0 Å². The van der Waals surface area contributed by atoms with Gasteiger partial charge in [-0.1, -0.05) is 26.0 Å². The lowest BCUT2D eigenvalue weighted by Gasteiger charge is -2.18. The van der Waals surface area contributed by atoms with E-state index in [-0.39, 0.29) is 5.56 Å². The maximum atomic E-state index is 13.0. The van der Waals surface area contributed by atoms with Crippen LogP contribution < -0.4 is 10.3 Å². The van der Waals surface area contributed by atoms with E-state index in [1.54, 1.807) is 18.2 Å². The molecule has 1 aliphatic rings. The van der Waals surface area contributed by atoms with Gasteiger partial charge in [-0.05, 0) is 42.4 Å². The lowest BCUT2D eigenvalue weighted by Crippen LogP contribution is -2.35. The van der Waals surface area contributed by atoms with Gasteiger partial charge in [0.15, 0.2) is 0 Å². The molecule has 142 valence electrons. The van der Waals surface area contributed by atoms with Gasteiger partial charge in [0.1, 0.15) is 0 Å². The average Bonchev–Trinajstić information content (AvgIpc) is 3.04. The molecule has 0 unspecified atom stereocenters. The molecule has 0 aliphatic heterocycles. The van der Waals surface area contributed by atoms with Crippen LogP contribution in [0.25, 0.3) is 21.7 Å². The lowest BCUT2D eigenvalue weighted by atomic mass is 10.1. The Hall–Kier alpha value is -2.22. The fraction of sp³-hybridized carbons (Fsp3) is 0.350. The second-order valence-corrected chi connectivity index (χ2v) is 8.60. The van der Waals surface area contributed by atoms with E-state index < -0.39 is 10.0 Å². The number of likely N-dealkylation sites (N-methyl/N-ethyl adjacent to an activating group) is 1. The Kier molecular flexibility index (Phi) is 4.53. The smallest absolute Gasteiger partial charge is 0.256 e. The first kappa shape index (κ1) is 18.2. The summed E-state index contributed by atoms with van der Waals surface area (Å²) in [6, 6.07) is 8.90. The van der Waals surface area contributed by atoms with Crippen LogP contribution >= 0.6 is 0 Å². The van der Waals surface area contributed by atoms with Crippen LogP contribution in [-0.2, 0) is 16.4 Å². The van der Waals surface area contributed by atoms with Crippen molar-refractivity contribution in [2.75, 3.05) is 26.2 Å². The monoisotopic (exact) mass is 385 g/mol. The predicted molar refractivity (Wildman–Crippen MR) is 108 cm³/mol. The molecule has 27 heavy (non-hydrogen) atoms. The van der Waals surface area contributed by atoms with E-state index in [1.165, 1.54) is 0 Å². The van der Waals surface area contributed by atoms with Crippen LogP contribution in [0.1, 0.15) is 25.0 Å². The third-order valence-corrected chi connectivity index (χ3v) is 6.98. The Morgan fingerprint density at radius 3 is 2.63 bits per heavy atom. The number of sulfonamides is 1. The van der Waals surface area contributed by atoms with Gasteiger partial charge in [-0.15, -0.1) is 0 Å². The Morgan fingerprint density at radius 1 is 1.11 bits per heavy atom. The van der Waals surface area contributed by atoms with E-state index in [2.05, 4.69) is 28.5 Å². The molecule has 0 atom stereocenters. The lowest BCUT2D eigenvalue weighted by molar-refractivity contribution is 0.309. The number of rotatable bonds is 7. The molecule has 0 saturated carbocycles. The highest BCUT2D eigenvalue weighted by Gasteiger charge is 2.27. The number of pyridine rings is 1. The molecular weight excluding hydrogens is 362 g/mol. The van der Waals surface area contributed by atoms with E-state index in [1.807, 2.05) is 12.1 Å². The van der Waals surface area contributed by atoms with Crippen LogP contribution in [0.2, 0.25) is 0 Å². The largest absolute Gasteiger partial charge is 0.321 e. The minimum Gasteiger partial charge on any atom is -0.321 e. The molecule has 3 aromatic rings. The molecule has 0 bridgehead atoms. The summed E-state index contributed by atoms with van der Waals surface area (Å²) in [6.07, 6.45) is 0.521. The maximum Gasteiger partial charge on any atom is 0.256 e. The van der Waals surface area contributed by atoms with Gasteiger partial charge in [-0.3, -0.25) is 4.79 Å². The van der Waals surface area contributed by atoms with E-state index in [0.29, 0.717) is 35.3 Å². The summed E-state index contributed by atoms with van der Waals surface area (Å²) < 4.78 is 28.7. The molecule has 0 spiro atoms. The zero-order chi connectivity index (χ0) is 19.2. The first-order valence-electron chi connectivity index (χ1n) is 9.27. The van der Waals surface area contributed by atoms with Crippen molar-refractivity contribution < 1.29 is 8.42 Å². The van der Waals surface area contributed by atoms with Gasteiger partial charge in [0.25, 0.3) is 5.56 Å². The SMILES string of the molecule is CCN(CC)CCNS(=O)(=O)c1ccc2[nH]c(=O)c3cccc4c3c2c1C4. The van der Waals surface area contributed by atoms with Crippen molar-refractivity contribution in [2.45, 2.75) is 25.2 Å². The quantitative estimate of drug-likeness (QED) is 0.478. The van der Waals surface area contributed by atoms with Gasteiger partial charge < -0.3 is 9.88 Å². The summed E-state index contributed by atoms with van der Waals surface area (Å²) in [6.45, 7) is 6.94. The van der Waals surface area contributed by atoms with Gasteiger partial charge in [0.05, 0.1) is 4.90 Å². The van der Waals surface area contributed by atoms with Crippen molar-refractivity contribution in [1.29, 1.82) is 0 Å². The highest BCUT2D eigenvalue weighted by Crippen LogP contribution is 2.38. The number of hydrogen-bond donors (Lipinski definition) is 2. The number of nitrogens with one attached hydrogen (secondary N) is 2. The van der Waals surface area contributed by atoms with E-state index in [0.717, 1.165) is 35.0 Å². The zero-order valence-electron chi connectivity index (χ0n) is 15.5. The molecule has 0 fully saturated rings. The Morgan fingerprint density at radius 2 is 1.89 bits per heavy atom. The van der Waals surface area contributed by atoms with Crippen LogP contribution in [0.5, 0.6) is 0 Å². The Bertz CT molecular complexity index is 1190. The number of aromatic amines is 1. The maximum absolute atomic E-state index is 13.0. The van der Waals surface area contributed by atoms with Crippen molar-refractivity contribution in [3.8, 4) is 0 Å². The van der Waals surface area contributed by atoms with Crippen molar-refractivity contribution in [1.82, 2.24) is 14.6 Å². The summed E-state index contributed by atoms with van der Waals surface area (Å²) in [5, 5.41) is 2.35. The molecule has 4 rings (SSSR count). The first-order valence-corrected chi connectivity index (χ1v) is 10.8. The molecule has 0 radical (unpaired) electrons. The second-order valence-electron chi connectivity index (χ2n) is 6.86. The number of H-pyrrole nitrogens is 1. The summed E-state index contributed by atoms with van der Waals surface area (Å²) in [5.74, 6) is 0. The molecule has 1 aromatic heterocycles. The molecule has 0 saturated heterocycles. The minimum absolute atomic E-state index is 0.139. The molecule has 7 heteroatoms. The molecule has 0 amide bonds. The molecule has 6 nitrogen and oxygen atoms in total. The molecule has 1 aliphatic carbocycles. The van der Waals surface area contributed by atoms with Crippen molar-refractivity contribution in [2.24, 2.45) is 0 Å². The molecule has 2 aromatic carbocycles. The first-order chi connectivity index (χ1) is 13.0. The van der Waals surface area contributed by atoms with E-state index in [9.17, 15) is 13.2 Å². The van der Waals surface area contributed by atoms with Crippen LogP contribution in [0.15, 0.2) is 40.0 Å². The van der Waals surface area contributed by atoms with Crippen LogP contribution in [-0.4, -0.2) is 44.5 Å². The summed E-state index contributed by atoms with van der Waals surface area (Å²) in [7, 11) is -3.62. The summed E-state index contributed by atoms with van der Waals surface area (Å²) in [5.41, 5.74) is 2.32. The number of hydrogen-bond acceptors (Lipinski definition) is 4. The second kappa shape index (κ2) is 6.74. The zero-order valence-corrected chi connectivity index (χ0v) is 16.3. The standard InChI is InChI=1S/C20H23N3O3S/c1-3-23(4-2)11-10-21-27(25,26)17-9-8-16-19-15(17)12-13-6-5-7-14(18(13)19)20(24)22-16/h5-9,21H,3-4,10-12H2,1-2H3,(H,22,24). The van der Waals surface area contributed by atoms with Crippen LogP contribution in [0, 0.1) is 0 Å². The number of benzene rings is 2. The van der Waals surface area contributed by atoms with Gasteiger partial charge in [0, 0.05) is 41.2 Å². The average molecular weight is 385 g/mol. The third-order valence-electron chi connectivity index (χ3n) is 5.43.